The second-order valence-corrected chi connectivity index (χ2v) is 6.38. The first kappa shape index (κ1) is 14.8. The van der Waals surface area contributed by atoms with Crippen molar-refractivity contribution in [1.29, 1.82) is 0 Å². The van der Waals surface area contributed by atoms with Gasteiger partial charge in [-0.05, 0) is 50.5 Å². The summed E-state index contributed by atoms with van der Waals surface area (Å²) in [6, 6.07) is 6.10. The molecular weight excluding hydrogens is 278 g/mol. The molecule has 5 nitrogen and oxygen atoms in total. The Morgan fingerprint density at radius 2 is 2.18 bits per heavy atom. The van der Waals surface area contributed by atoms with Crippen molar-refractivity contribution in [2.45, 2.75) is 38.1 Å². The number of hydrogen-bond acceptors (Lipinski definition) is 2. The summed E-state index contributed by atoms with van der Waals surface area (Å²) in [5.74, 6) is 0.856. The third-order valence-electron chi connectivity index (χ3n) is 4.32. The molecule has 1 aliphatic rings. The van der Waals surface area contributed by atoms with Crippen LogP contribution in [-0.2, 0) is 5.41 Å². The summed E-state index contributed by atoms with van der Waals surface area (Å²) in [7, 11) is 1.68. The number of carbonyl (C=O) groups is 1. The van der Waals surface area contributed by atoms with Gasteiger partial charge < -0.3 is 20.4 Å². The zero-order valence-electron chi connectivity index (χ0n) is 13.3. The van der Waals surface area contributed by atoms with Gasteiger partial charge in [0.25, 0.3) is 0 Å². The standard InChI is InChI=1S/C17H23N3O2/c1-11(2)20-16(21)19-10-17(6-7-17)14-9-18-15-5-4-12(22-3)8-13(14)15/h4-5,8-9,11,18H,6-7,10H2,1-3H3,(H2,19,20,21). The first-order valence-electron chi connectivity index (χ1n) is 7.74. The molecule has 1 saturated carbocycles. The molecule has 1 aromatic carbocycles. The summed E-state index contributed by atoms with van der Waals surface area (Å²) in [6.45, 7) is 4.58. The SMILES string of the molecule is COc1ccc2[nH]cc(C3(CNC(=O)NC(C)C)CC3)c2c1. The fraction of sp³-hybridized carbons (Fsp3) is 0.471. The number of benzene rings is 1. The molecule has 118 valence electrons. The number of nitrogens with one attached hydrogen (secondary N) is 3. The molecule has 0 unspecified atom stereocenters. The number of H-pyrrole nitrogens is 1. The van der Waals surface area contributed by atoms with Crippen LogP contribution >= 0.6 is 0 Å². The van der Waals surface area contributed by atoms with Crippen molar-refractivity contribution in [2.24, 2.45) is 0 Å². The number of rotatable bonds is 5. The number of urea groups is 1. The Hall–Kier alpha value is -2.17. The molecule has 0 bridgehead atoms. The first-order valence-corrected chi connectivity index (χ1v) is 7.74. The molecule has 0 spiro atoms. The van der Waals surface area contributed by atoms with Crippen molar-refractivity contribution >= 4 is 16.9 Å². The predicted octanol–water partition coefficient (Wildman–Crippen LogP) is 2.92. The summed E-state index contributed by atoms with van der Waals surface area (Å²) < 4.78 is 5.33. The molecule has 1 aliphatic carbocycles. The summed E-state index contributed by atoms with van der Waals surface area (Å²) >= 11 is 0. The van der Waals surface area contributed by atoms with Gasteiger partial charge >= 0.3 is 6.03 Å². The molecule has 2 aromatic rings. The van der Waals surface area contributed by atoms with Crippen LogP contribution in [0, 0.1) is 0 Å². The van der Waals surface area contributed by atoms with Crippen LogP contribution in [0.15, 0.2) is 24.4 Å². The third kappa shape index (κ3) is 2.75. The Morgan fingerprint density at radius 1 is 1.41 bits per heavy atom. The number of carbonyl (C=O) groups excluding carboxylic acids is 1. The van der Waals surface area contributed by atoms with Gasteiger partial charge in [0.05, 0.1) is 7.11 Å². The largest absolute Gasteiger partial charge is 0.497 e. The minimum Gasteiger partial charge on any atom is -0.497 e. The lowest BCUT2D eigenvalue weighted by Gasteiger charge is -2.17. The van der Waals surface area contributed by atoms with Crippen LogP contribution in [-0.4, -0.2) is 30.7 Å². The fourth-order valence-electron chi connectivity index (χ4n) is 2.92. The van der Waals surface area contributed by atoms with Gasteiger partial charge in [-0.1, -0.05) is 0 Å². The Bertz CT molecular complexity index is 686. The van der Waals surface area contributed by atoms with Gasteiger partial charge in [0.2, 0.25) is 0 Å². The zero-order valence-corrected chi connectivity index (χ0v) is 13.3. The number of ether oxygens (including phenoxy) is 1. The molecule has 2 amide bonds. The molecule has 0 aliphatic heterocycles. The molecule has 3 rings (SSSR count). The number of aromatic amines is 1. The monoisotopic (exact) mass is 301 g/mol. The van der Waals surface area contributed by atoms with Crippen molar-refractivity contribution in [3.63, 3.8) is 0 Å². The number of methoxy groups -OCH3 is 1. The highest BCUT2D eigenvalue weighted by atomic mass is 16.5. The summed E-state index contributed by atoms with van der Waals surface area (Å²) in [4.78, 5) is 15.1. The van der Waals surface area contributed by atoms with Gasteiger partial charge in [-0.15, -0.1) is 0 Å². The number of fused-ring (bicyclic) bond motifs is 1. The van der Waals surface area contributed by atoms with E-state index < -0.39 is 0 Å². The average Bonchev–Trinajstić information content (AvgIpc) is 3.15. The molecular formula is C17H23N3O2. The van der Waals surface area contributed by atoms with Crippen LogP contribution in [0.25, 0.3) is 10.9 Å². The van der Waals surface area contributed by atoms with Gasteiger partial charge in [0.1, 0.15) is 5.75 Å². The van der Waals surface area contributed by atoms with Crippen LogP contribution in [0.2, 0.25) is 0 Å². The lowest BCUT2D eigenvalue weighted by molar-refractivity contribution is 0.237. The van der Waals surface area contributed by atoms with E-state index in [9.17, 15) is 4.79 Å². The van der Waals surface area contributed by atoms with Crippen LogP contribution in [0.3, 0.4) is 0 Å². The highest BCUT2D eigenvalue weighted by Gasteiger charge is 2.45. The quantitative estimate of drug-likeness (QED) is 0.795. The number of amides is 2. The topological polar surface area (TPSA) is 66.1 Å². The van der Waals surface area contributed by atoms with E-state index in [2.05, 4.69) is 27.9 Å². The van der Waals surface area contributed by atoms with Crippen molar-refractivity contribution in [2.75, 3.05) is 13.7 Å². The zero-order chi connectivity index (χ0) is 15.7. The van der Waals surface area contributed by atoms with E-state index in [0.717, 1.165) is 24.1 Å². The molecule has 5 heteroatoms. The molecule has 1 aromatic heterocycles. The van der Waals surface area contributed by atoms with Gasteiger partial charge in [-0.3, -0.25) is 0 Å². The van der Waals surface area contributed by atoms with Gasteiger partial charge in [0, 0.05) is 35.1 Å². The second kappa shape index (κ2) is 5.55. The molecule has 0 atom stereocenters. The lowest BCUT2D eigenvalue weighted by Crippen LogP contribution is -2.42. The maximum Gasteiger partial charge on any atom is 0.315 e. The second-order valence-electron chi connectivity index (χ2n) is 6.38. The van der Waals surface area contributed by atoms with Crippen molar-refractivity contribution in [3.05, 3.63) is 30.0 Å². The Kier molecular flexibility index (Phi) is 3.72. The Morgan fingerprint density at radius 3 is 2.82 bits per heavy atom. The molecule has 1 fully saturated rings. The first-order chi connectivity index (χ1) is 10.5. The normalized spacial score (nSPS) is 15.8. The van der Waals surface area contributed by atoms with Gasteiger partial charge in [-0.25, -0.2) is 4.79 Å². The fourth-order valence-corrected chi connectivity index (χ4v) is 2.92. The number of aromatic nitrogens is 1. The smallest absolute Gasteiger partial charge is 0.315 e. The Balaban J connectivity index is 1.79. The van der Waals surface area contributed by atoms with Crippen LogP contribution < -0.4 is 15.4 Å². The van der Waals surface area contributed by atoms with E-state index in [1.54, 1.807) is 7.11 Å². The van der Waals surface area contributed by atoms with Crippen molar-refractivity contribution in [3.8, 4) is 5.75 Å². The summed E-state index contributed by atoms with van der Waals surface area (Å²) in [5, 5.41) is 7.05. The minimum absolute atomic E-state index is 0.0545. The molecule has 1 heterocycles. The predicted molar refractivity (Wildman–Crippen MR) is 87.4 cm³/mol. The Labute approximate surface area is 130 Å². The van der Waals surface area contributed by atoms with E-state index in [1.807, 2.05) is 26.0 Å². The van der Waals surface area contributed by atoms with E-state index in [0.29, 0.717) is 6.54 Å². The van der Waals surface area contributed by atoms with Crippen LogP contribution in [0.1, 0.15) is 32.3 Å². The maximum absolute atomic E-state index is 11.8. The molecule has 0 radical (unpaired) electrons. The maximum atomic E-state index is 11.8. The van der Waals surface area contributed by atoms with Gasteiger partial charge in [0.15, 0.2) is 0 Å². The third-order valence-corrected chi connectivity index (χ3v) is 4.32. The minimum atomic E-state index is -0.0984. The van der Waals surface area contributed by atoms with E-state index in [4.69, 9.17) is 4.74 Å². The molecule has 3 N–H and O–H groups in total. The van der Waals surface area contributed by atoms with Gasteiger partial charge in [-0.2, -0.15) is 0 Å². The van der Waals surface area contributed by atoms with Crippen molar-refractivity contribution in [1.82, 2.24) is 15.6 Å². The highest BCUT2D eigenvalue weighted by molar-refractivity contribution is 5.86. The van der Waals surface area contributed by atoms with Crippen molar-refractivity contribution < 1.29 is 9.53 Å². The van der Waals surface area contributed by atoms with Crippen LogP contribution in [0.4, 0.5) is 4.79 Å². The number of hydrogen-bond donors (Lipinski definition) is 3. The van der Waals surface area contributed by atoms with E-state index in [1.165, 1.54) is 10.9 Å². The molecule has 22 heavy (non-hydrogen) atoms. The average molecular weight is 301 g/mol. The highest BCUT2D eigenvalue weighted by Crippen LogP contribution is 2.50. The lowest BCUT2D eigenvalue weighted by atomic mass is 9.95. The van der Waals surface area contributed by atoms with E-state index in [-0.39, 0.29) is 17.5 Å². The molecule has 0 saturated heterocycles. The summed E-state index contributed by atoms with van der Waals surface area (Å²) in [5.41, 5.74) is 2.43. The van der Waals surface area contributed by atoms with E-state index >= 15 is 0 Å². The van der Waals surface area contributed by atoms with Crippen LogP contribution in [0.5, 0.6) is 5.75 Å². The summed E-state index contributed by atoms with van der Waals surface area (Å²) in [6.07, 6.45) is 4.26.